The number of anilines is 1. The van der Waals surface area contributed by atoms with Crippen LogP contribution in [0.4, 0.5) is 5.69 Å². The predicted octanol–water partition coefficient (Wildman–Crippen LogP) is 2.37. The Labute approximate surface area is 139 Å². The van der Waals surface area contributed by atoms with E-state index in [0.29, 0.717) is 13.0 Å². The summed E-state index contributed by atoms with van der Waals surface area (Å²) in [6.45, 7) is 2.44. The van der Waals surface area contributed by atoms with E-state index in [1.54, 1.807) is 7.11 Å². The summed E-state index contributed by atoms with van der Waals surface area (Å²) in [4.78, 5) is 10.4. The van der Waals surface area contributed by atoms with Crippen LogP contribution in [-0.2, 0) is 17.8 Å². The minimum absolute atomic E-state index is 0.244. The molecule has 1 aromatic heterocycles. The number of rotatable bonds is 6. The lowest BCUT2D eigenvalue weighted by molar-refractivity contribution is 0.172. The molecule has 3 rings (SSSR count). The molecule has 1 aliphatic rings. The lowest BCUT2D eigenvalue weighted by atomic mass is 10.1. The van der Waals surface area contributed by atoms with Crippen LogP contribution in [0.15, 0.2) is 29.4 Å². The summed E-state index contributed by atoms with van der Waals surface area (Å²) in [5.74, 6) is 0. The standard InChI is InChI=1S/C17H21N3O4/c1-10-7-15-17(22)18-12-8-11(9-24-2)3-4-14(12)20(15)13(10)5-6-16(21)19-23/h3-4,7-8,16-18,21-22H,5-6,9H2,1-2H3. The summed E-state index contributed by atoms with van der Waals surface area (Å²) in [6, 6.07) is 7.82. The monoisotopic (exact) mass is 331 g/mol. The maximum atomic E-state index is 10.4. The Kier molecular flexibility index (Phi) is 4.66. The van der Waals surface area contributed by atoms with Gasteiger partial charge in [-0.15, -0.1) is 4.91 Å². The number of hydrogen-bond donors (Lipinski definition) is 3. The van der Waals surface area contributed by atoms with Crippen LogP contribution in [0.25, 0.3) is 5.69 Å². The fourth-order valence-corrected chi connectivity index (χ4v) is 3.19. The quantitative estimate of drug-likeness (QED) is 0.706. The first-order valence-electron chi connectivity index (χ1n) is 7.83. The van der Waals surface area contributed by atoms with E-state index in [1.807, 2.05) is 35.8 Å². The molecule has 0 spiro atoms. The van der Waals surface area contributed by atoms with Crippen molar-refractivity contribution in [3.63, 3.8) is 0 Å². The van der Waals surface area contributed by atoms with Crippen LogP contribution in [0, 0.1) is 11.8 Å². The van der Waals surface area contributed by atoms with Crippen LogP contribution >= 0.6 is 0 Å². The van der Waals surface area contributed by atoms with E-state index in [9.17, 15) is 15.1 Å². The van der Waals surface area contributed by atoms with Crippen molar-refractivity contribution < 1.29 is 14.9 Å². The third-order valence-corrected chi connectivity index (χ3v) is 4.29. The second-order valence-electron chi connectivity index (χ2n) is 5.99. The topological polar surface area (TPSA) is 96.1 Å². The molecule has 0 saturated heterocycles. The van der Waals surface area contributed by atoms with E-state index in [2.05, 4.69) is 10.5 Å². The molecule has 0 fully saturated rings. The number of aliphatic hydroxyl groups excluding tert-OH is 2. The number of methoxy groups -OCH3 is 1. The van der Waals surface area contributed by atoms with Crippen LogP contribution in [0.1, 0.15) is 35.2 Å². The molecule has 2 aromatic rings. The predicted molar refractivity (Wildman–Crippen MR) is 89.9 cm³/mol. The van der Waals surface area contributed by atoms with E-state index in [0.717, 1.165) is 33.9 Å². The molecule has 2 heterocycles. The van der Waals surface area contributed by atoms with Crippen molar-refractivity contribution in [2.24, 2.45) is 5.18 Å². The number of aryl methyl sites for hydroxylation is 1. The lowest BCUT2D eigenvalue weighted by Gasteiger charge is -2.28. The molecule has 2 atom stereocenters. The lowest BCUT2D eigenvalue weighted by Crippen LogP contribution is -2.22. The highest BCUT2D eigenvalue weighted by Crippen LogP contribution is 2.36. The van der Waals surface area contributed by atoms with Crippen molar-refractivity contribution in [1.82, 2.24) is 4.57 Å². The Morgan fingerprint density at radius 3 is 2.92 bits per heavy atom. The van der Waals surface area contributed by atoms with E-state index in [1.165, 1.54) is 0 Å². The Morgan fingerprint density at radius 1 is 1.42 bits per heavy atom. The highest BCUT2D eigenvalue weighted by Gasteiger charge is 2.26. The Balaban J connectivity index is 2.03. The van der Waals surface area contributed by atoms with Gasteiger partial charge in [0.1, 0.15) is 0 Å². The maximum Gasteiger partial charge on any atom is 0.187 e. The molecule has 1 aliphatic heterocycles. The van der Waals surface area contributed by atoms with E-state index in [-0.39, 0.29) is 6.42 Å². The largest absolute Gasteiger partial charge is 0.380 e. The Bertz CT molecular complexity index is 757. The second kappa shape index (κ2) is 6.72. The molecule has 3 N–H and O–H groups in total. The molecule has 2 unspecified atom stereocenters. The molecular formula is C17H21N3O4. The van der Waals surface area contributed by atoms with E-state index < -0.39 is 12.5 Å². The summed E-state index contributed by atoms with van der Waals surface area (Å²) in [7, 11) is 1.64. The number of nitrogens with zero attached hydrogens (tertiary/aromatic N) is 2. The van der Waals surface area contributed by atoms with Gasteiger partial charge in [-0.05, 0) is 47.8 Å². The fraction of sp³-hybridized carbons (Fsp3) is 0.412. The van der Waals surface area contributed by atoms with Crippen LogP contribution in [-0.4, -0.2) is 28.1 Å². The van der Waals surface area contributed by atoms with Gasteiger partial charge in [-0.1, -0.05) is 6.07 Å². The number of fused-ring (bicyclic) bond motifs is 3. The first-order chi connectivity index (χ1) is 11.5. The van der Waals surface area contributed by atoms with Crippen molar-refractivity contribution in [1.29, 1.82) is 0 Å². The molecule has 0 aliphatic carbocycles. The van der Waals surface area contributed by atoms with Crippen molar-refractivity contribution in [2.75, 3.05) is 12.4 Å². The number of ether oxygens (including phenoxy) is 1. The number of aliphatic hydroxyl groups is 2. The zero-order valence-electron chi connectivity index (χ0n) is 13.7. The maximum absolute atomic E-state index is 10.4. The van der Waals surface area contributed by atoms with Gasteiger partial charge < -0.3 is 24.8 Å². The summed E-state index contributed by atoms with van der Waals surface area (Å²) in [5, 5.41) is 25.6. The van der Waals surface area contributed by atoms with Gasteiger partial charge in [0.25, 0.3) is 0 Å². The molecule has 24 heavy (non-hydrogen) atoms. The number of benzene rings is 1. The molecule has 7 nitrogen and oxygen atoms in total. The summed E-state index contributed by atoms with van der Waals surface area (Å²) in [6.07, 6.45) is -1.30. The van der Waals surface area contributed by atoms with Gasteiger partial charge in [0.15, 0.2) is 12.5 Å². The Hall–Kier alpha value is -2.22. The third kappa shape index (κ3) is 2.93. The minimum Gasteiger partial charge on any atom is -0.380 e. The minimum atomic E-state index is -1.22. The van der Waals surface area contributed by atoms with Gasteiger partial charge in [-0.3, -0.25) is 0 Å². The van der Waals surface area contributed by atoms with Crippen LogP contribution in [0.2, 0.25) is 0 Å². The van der Waals surface area contributed by atoms with Gasteiger partial charge in [0.05, 0.1) is 23.7 Å². The van der Waals surface area contributed by atoms with E-state index >= 15 is 0 Å². The Morgan fingerprint density at radius 2 is 2.21 bits per heavy atom. The van der Waals surface area contributed by atoms with Crippen LogP contribution < -0.4 is 5.32 Å². The number of hydrogen-bond acceptors (Lipinski definition) is 6. The molecule has 0 saturated carbocycles. The molecule has 1 aromatic carbocycles. The zero-order valence-corrected chi connectivity index (χ0v) is 13.7. The molecule has 0 radical (unpaired) electrons. The summed E-state index contributed by atoms with van der Waals surface area (Å²) in [5.41, 5.74) is 5.43. The molecule has 0 bridgehead atoms. The van der Waals surface area contributed by atoms with Crippen molar-refractivity contribution in [2.45, 2.75) is 38.8 Å². The van der Waals surface area contributed by atoms with Gasteiger partial charge in [-0.2, -0.15) is 0 Å². The number of nitrogens with one attached hydrogen (secondary N) is 1. The first kappa shape index (κ1) is 16.6. The van der Waals surface area contributed by atoms with E-state index in [4.69, 9.17) is 4.74 Å². The fourth-order valence-electron chi connectivity index (χ4n) is 3.19. The third-order valence-electron chi connectivity index (χ3n) is 4.29. The zero-order chi connectivity index (χ0) is 17.3. The normalized spacial score (nSPS) is 16.9. The molecular weight excluding hydrogens is 310 g/mol. The van der Waals surface area contributed by atoms with Crippen LogP contribution in [0.3, 0.4) is 0 Å². The molecule has 7 heteroatoms. The summed E-state index contributed by atoms with van der Waals surface area (Å²) < 4.78 is 7.14. The van der Waals surface area contributed by atoms with Crippen molar-refractivity contribution in [3.8, 4) is 5.69 Å². The first-order valence-corrected chi connectivity index (χ1v) is 7.83. The van der Waals surface area contributed by atoms with Gasteiger partial charge >= 0.3 is 0 Å². The van der Waals surface area contributed by atoms with Gasteiger partial charge in [0, 0.05) is 19.2 Å². The average molecular weight is 331 g/mol. The highest BCUT2D eigenvalue weighted by atomic mass is 16.5. The van der Waals surface area contributed by atoms with Gasteiger partial charge in [-0.25, -0.2) is 0 Å². The molecule has 0 amide bonds. The van der Waals surface area contributed by atoms with Gasteiger partial charge in [0.2, 0.25) is 0 Å². The van der Waals surface area contributed by atoms with Crippen molar-refractivity contribution >= 4 is 5.69 Å². The average Bonchev–Trinajstić information content (AvgIpc) is 2.90. The second-order valence-corrected chi connectivity index (χ2v) is 5.99. The summed E-state index contributed by atoms with van der Waals surface area (Å²) >= 11 is 0. The SMILES string of the molecule is COCc1ccc2c(c1)NC(O)c1cc(C)c(CCC(O)N=O)n1-2. The number of aromatic nitrogens is 1. The van der Waals surface area contributed by atoms with Crippen molar-refractivity contribution in [3.05, 3.63) is 51.7 Å². The highest BCUT2D eigenvalue weighted by molar-refractivity contribution is 5.67. The number of nitroso groups, excluding NO2 is 1. The van der Waals surface area contributed by atoms with Crippen LogP contribution in [0.5, 0.6) is 0 Å². The molecule has 128 valence electrons. The smallest absolute Gasteiger partial charge is 0.187 e.